The summed E-state index contributed by atoms with van der Waals surface area (Å²) in [6.07, 6.45) is 5.24. The van der Waals surface area contributed by atoms with Crippen LogP contribution in [0.2, 0.25) is 0 Å². The van der Waals surface area contributed by atoms with E-state index in [1.54, 1.807) is 12.4 Å². The number of morpholine rings is 1. The number of fused-ring (bicyclic) bond motifs is 1. The summed E-state index contributed by atoms with van der Waals surface area (Å²) >= 11 is 0. The summed E-state index contributed by atoms with van der Waals surface area (Å²) in [5.74, 6) is -0.166. The second kappa shape index (κ2) is 3.78. The zero-order valence-electron chi connectivity index (χ0n) is 9.14. The highest BCUT2D eigenvalue weighted by molar-refractivity contribution is 5.88. The molecule has 1 aliphatic carbocycles. The van der Waals surface area contributed by atoms with Gasteiger partial charge < -0.3 is 10.1 Å². The first-order valence-corrected chi connectivity index (χ1v) is 5.34. The predicted octanol–water partition coefficient (Wildman–Crippen LogP) is 0.445. The Balaban J connectivity index is 1.84. The van der Waals surface area contributed by atoms with Crippen LogP contribution in [0.3, 0.4) is 0 Å². The van der Waals surface area contributed by atoms with Crippen molar-refractivity contribution in [3.63, 3.8) is 0 Å². The SMILES string of the molecule is C=C1COC(C2=Cc3nccnc3C2)C(=O)N1. The summed E-state index contributed by atoms with van der Waals surface area (Å²) in [6, 6.07) is 0. The summed E-state index contributed by atoms with van der Waals surface area (Å²) in [7, 11) is 0. The number of nitrogens with zero attached hydrogens (tertiary/aromatic N) is 2. The van der Waals surface area contributed by atoms with Crippen LogP contribution in [0, 0.1) is 0 Å². The number of aromatic nitrogens is 2. The van der Waals surface area contributed by atoms with Crippen LogP contribution in [-0.2, 0) is 16.0 Å². The predicted molar refractivity (Wildman–Crippen MR) is 60.7 cm³/mol. The maximum atomic E-state index is 11.8. The summed E-state index contributed by atoms with van der Waals surface area (Å²) in [5, 5.41) is 2.69. The first-order chi connectivity index (χ1) is 8.24. The lowest BCUT2D eigenvalue weighted by molar-refractivity contribution is -0.132. The van der Waals surface area contributed by atoms with Crippen molar-refractivity contribution in [2.45, 2.75) is 12.5 Å². The molecule has 2 heterocycles. The Morgan fingerprint density at radius 3 is 3.00 bits per heavy atom. The van der Waals surface area contributed by atoms with Crippen LogP contribution in [-0.4, -0.2) is 28.6 Å². The number of amides is 1. The standard InChI is InChI=1S/C12H11N3O2/c1-7-6-17-11(12(16)15-7)8-4-9-10(5-8)14-3-2-13-9/h2-4,11H,1,5-6H2,(H,15,16). The highest BCUT2D eigenvalue weighted by Crippen LogP contribution is 2.26. The van der Waals surface area contributed by atoms with Gasteiger partial charge in [0.2, 0.25) is 0 Å². The molecule has 0 spiro atoms. The molecule has 86 valence electrons. The van der Waals surface area contributed by atoms with Gasteiger partial charge in [-0.25, -0.2) is 0 Å². The highest BCUT2D eigenvalue weighted by Gasteiger charge is 2.31. The molecule has 1 amide bonds. The van der Waals surface area contributed by atoms with E-state index in [1.165, 1.54) is 0 Å². The highest BCUT2D eigenvalue weighted by atomic mass is 16.5. The van der Waals surface area contributed by atoms with Crippen molar-refractivity contribution in [1.82, 2.24) is 15.3 Å². The number of ether oxygens (including phenoxy) is 1. The van der Waals surface area contributed by atoms with E-state index in [0.717, 1.165) is 17.0 Å². The molecule has 1 aliphatic heterocycles. The molecule has 1 N–H and O–H groups in total. The van der Waals surface area contributed by atoms with E-state index in [0.29, 0.717) is 18.7 Å². The van der Waals surface area contributed by atoms with Crippen molar-refractivity contribution in [3.8, 4) is 0 Å². The maximum Gasteiger partial charge on any atom is 0.257 e. The number of hydrogen-bond donors (Lipinski definition) is 1. The Morgan fingerprint density at radius 1 is 1.41 bits per heavy atom. The zero-order valence-corrected chi connectivity index (χ0v) is 9.14. The molecule has 17 heavy (non-hydrogen) atoms. The van der Waals surface area contributed by atoms with Crippen LogP contribution in [0.1, 0.15) is 11.4 Å². The van der Waals surface area contributed by atoms with Crippen LogP contribution < -0.4 is 5.32 Å². The first kappa shape index (κ1) is 10.2. The van der Waals surface area contributed by atoms with Crippen molar-refractivity contribution in [2.75, 3.05) is 6.61 Å². The molecule has 1 aromatic heterocycles. The minimum Gasteiger partial charge on any atom is -0.358 e. The van der Waals surface area contributed by atoms with Gasteiger partial charge in [-0.05, 0) is 11.6 Å². The minimum absolute atomic E-state index is 0.166. The van der Waals surface area contributed by atoms with E-state index in [2.05, 4.69) is 21.9 Å². The summed E-state index contributed by atoms with van der Waals surface area (Å²) < 4.78 is 5.48. The third kappa shape index (κ3) is 1.74. The Kier molecular flexibility index (Phi) is 2.26. The van der Waals surface area contributed by atoms with Crippen LogP contribution in [0.25, 0.3) is 6.08 Å². The first-order valence-electron chi connectivity index (χ1n) is 5.34. The minimum atomic E-state index is -0.545. The fourth-order valence-electron chi connectivity index (χ4n) is 2.03. The normalized spacial score (nSPS) is 23.1. The number of carbonyl (C=O) groups is 1. The molecular weight excluding hydrogens is 218 g/mol. The molecule has 5 heteroatoms. The maximum absolute atomic E-state index is 11.8. The molecule has 1 aromatic rings. The van der Waals surface area contributed by atoms with E-state index < -0.39 is 6.10 Å². The van der Waals surface area contributed by atoms with Crippen molar-refractivity contribution in [2.24, 2.45) is 0 Å². The van der Waals surface area contributed by atoms with Gasteiger partial charge >= 0.3 is 0 Å². The Hall–Kier alpha value is -2.01. The zero-order chi connectivity index (χ0) is 11.8. The monoisotopic (exact) mass is 229 g/mol. The lowest BCUT2D eigenvalue weighted by atomic mass is 10.1. The topological polar surface area (TPSA) is 64.1 Å². The molecule has 2 aliphatic rings. The number of rotatable bonds is 1. The molecular formula is C12H11N3O2. The number of nitrogens with one attached hydrogen (secondary N) is 1. The summed E-state index contributed by atoms with van der Waals surface area (Å²) in [4.78, 5) is 20.2. The lowest BCUT2D eigenvalue weighted by Gasteiger charge is -2.24. The fraction of sp³-hybridized carbons (Fsp3) is 0.250. The largest absolute Gasteiger partial charge is 0.358 e. The second-order valence-corrected chi connectivity index (χ2v) is 4.07. The van der Waals surface area contributed by atoms with Gasteiger partial charge in [0.1, 0.15) is 0 Å². The van der Waals surface area contributed by atoms with Gasteiger partial charge in [-0.15, -0.1) is 0 Å². The quantitative estimate of drug-likeness (QED) is 0.759. The molecule has 0 aromatic carbocycles. The van der Waals surface area contributed by atoms with Gasteiger partial charge in [-0.1, -0.05) is 6.58 Å². The molecule has 1 saturated heterocycles. The van der Waals surface area contributed by atoms with Crippen molar-refractivity contribution in [1.29, 1.82) is 0 Å². The molecule has 1 fully saturated rings. The Morgan fingerprint density at radius 2 is 2.24 bits per heavy atom. The van der Waals surface area contributed by atoms with Crippen LogP contribution >= 0.6 is 0 Å². The van der Waals surface area contributed by atoms with Crippen molar-refractivity contribution in [3.05, 3.63) is 41.6 Å². The summed E-state index contributed by atoms with van der Waals surface area (Å²) in [5.41, 5.74) is 3.21. The van der Waals surface area contributed by atoms with E-state index in [-0.39, 0.29) is 5.91 Å². The number of hydrogen-bond acceptors (Lipinski definition) is 4. The van der Waals surface area contributed by atoms with Crippen LogP contribution in [0.5, 0.6) is 0 Å². The fourth-order valence-corrected chi connectivity index (χ4v) is 2.03. The second-order valence-electron chi connectivity index (χ2n) is 4.07. The van der Waals surface area contributed by atoms with E-state index >= 15 is 0 Å². The Labute approximate surface area is 98.2 Å². The third-order valence-electron chi connectivity index (χ3n) is 2.80. The molecule has 0 bridgehead atoms. The Bertz CT molecular complexity index is 536. The van der Waals surface area contributed by atoms with Crippen LogP contribution in [0.4, 0.5) is 0 Å². The average molecular weight is 229 g/mol. The van der Waals surface area contributed by atoms with E-state index in [1.807, 2.05) is 6.08 Å². The molecule has 5 nitrogen and oxygen atoms in total. The van der Waals surface area contributed by atoms with Gasteiger partial charge in [-0.2, -0.15) is 0 Å². The van der Waals surface area contributed by atoms with E-state index in [4.69, 9.17) is 4.74 Å². The van der Waals surface area contributed by atoms with E-state index in [9.17, 15) is 4.79 Å². The smallest absolute Gasteiger partial charge is 0.257 e. The average Bonchev–Trinajstić information content (AvgIpc) is 2.72. The van der Waals surface area contributed by atoms with Gasteiger partial charge in [0.05, 0.1) is 18.0 Å². The molecule has 0 radical (unpaired) electrons. The lowest BCUT2D eigenvalue weighted by Crippen LogP contribution is -2.43. The molecule has 1 atom stereocenters. The van der Waals surface area contributed by atoms with Crippen molar-refractivity contribution < 1.29 is 9.53 Å². The van der Waals surface area contributed by atoms with Gasteiger partial charge in [0.25, 0.3) is 5.91 Å². The summed E-state index contributed by atoms with van der Waals surface area (Å²) in [6.45, 7) is 4.02. The van der Waals surface area contributed by atoms with Gasteiger partial charge in [-0.3, -0.25) is 14.8 Å². The molecule has 3 rings (SSSR count). The molecule has 0 saturated carbocycles. The number of carbonyl (C=O) groups excluding carboxylic acids is 1. The van der Waals surface area contributed by atoms with Crippen molar-refractivity contribution >= 4 is 12.0 Å². The van der Waals surface area contributed by atoms with Gasteiger partial charge in [0.15, 0.2) is 6.10 Å². The van der Waals surface area contributed by atoms with Crippen LogP contribution in [0.15, 0.2) is 30.2 Å². The van der Waals surface area contributed by atoms with Gasteiger partial charge in [0, 0.05) is 24.5 Å². The molecule has 1 unspecified atom stereocenters. The third-order valence-corrected chi connectivity index (χ3v) is 2.80.